The summed E-state index contributed by atoms with van der Waals surface area (Å²) in [6.45, 7) is 1.37. The summed E-state index contributed by atoms with van der Waals surface area (Å²) < 4.78 is 5.31. The Balaban J connectivity index is 1.82. The third-order valence-corrected chi connectivity index (χ3v) is 3.40. The predicted octanol–water partition coefficient (Wildman–Crippen LogP) is 2.57. The highest BCUT2D eigenvalue weighted by atomic mass is 35.5. The maximum absolute atomic E-state index is 12.0. The third-order valence-electron chi connectivity index (χ3n) is 3.10. The Kier molecular flexibility index (Phi) is 6.03. The van der Waals surface area contributed by atoms with E-state index in [0.29, 0.717) is 11.4 Å². The molecule has 1 unspecified atom stereocenters. The van der Waals surface area contributed by atoms with Crippen LogP contribution in [0.1, 0.15) is 6.92 Å². The van der Waals surface area contributed by atoms with E-state index >= 15 is 0 Å². The van der Waals surface area contributed by atoms with Crippen molar-refractivity contribution < 1.29 is 19.4 Å². The molecule has 0 aromatic heterocycles. The Hall–Kier alpha value is -2.73. The van der Waals surface area contributed by atoms with Crippen molar-refractivity contribution in [3.8, 4) is 11.5 Å². The van der Waals surface area contributed by atoms with E-state index in [-0.39, 0.29) is 17.4 Å². The van der Waals surface area contributed by atoms with Crippen LogP contribution in [0, 0.1) is 0 Å². The number of benzene rings is 2. The lowest BCUT2D eigenvalue weighted by atomic mass is 10.2. The summed E-state index contributed by atoms with van der Waals surface area (Å²) in [6.07, 6.45) is 0. The highest BCUT2D eigenvalue weighted by molar-refractivity contribution is 6.32. The average molecular weight is 349 g/mol. The van der Waals surface area contributed by atoms with Crippen LogP contribution in [0.25, 0.3) is 0 Å². The normalized spacial score (nSPS) is 11.4. The van der Waals surface area contributed by atoms with Gasteiger partial charge >= 0.3 is 0 Å². The Labute approximate surface area is 144 Å². The van der Waals surface area contributed by atoms with E-state index < -0.39 is 17.9 Å². The second-order valence-electron chi connectivity index (χ2n) is 5.05. The fraction of sp³-hybridized carbons (Fsp3) is 0.176. The van der Waals surface area contributed by atoms with Gasteiger partial charge in [0.25, 0.3) is 5.91 Å². The first-order valence-electron chi connectivity index (χ1n) is 7.22. The zero-order chi connectivity index (χ0) is 17.5. The summed E-state index contributed by atoms with van der Waals surface area (Å²) in [6, 6.07) is 12.4. The van der Waals surface area contributed by atoms with E-state index in [0.717, 1.165) is 0 Å². The number of aromatic hydroxyl groups is 1. The molecule has 0 radical (unpaired) electrons. The zero-order valence-corrected chi connectivity index (χ0v) is 13.7. The van der Waals surface area contributed by atoms with Crippen molar-refractivity contribution in [1.29, 1.82) is 0 Å². The van der Waals surface area contributed by atoms with Crippen molar-refractivity contribution in [2.45, 2.75) is 13.0 Å². The topological polar surface area (TPSA) is 87.7 Å². The second kappa shape index (κ2) is 8.21. The molecule has 0 bridgehead atoms. The number of hydrogen-bond donors (Lipinski definition) is 3. The summed E-state index contributed by atoms with van der Waals surface area (Å²) >= 11 is 5.77. The van der Waals surface area contributed by atoms with Crippen molar-refractivity contribution in [2.24, 2.45) is 0 Å². The van der Waals surface area contributed by atoms with Gasteiger partial charge < -0.3 is 20.5 Å². The van der Waals surface area contributed by atoms with Crippen molar-refractivity contribution in [3.05, 3.63) is 53.6 Å². The van der Waals surface area contributed by atoms with Crippen LogP contribution in [0.2, 0.25) is 5.02 Å². The molecule has 0 spiro atoms. The van der Waals surface area contributed by atoms with Crippen molar-refractivity contribution in [1.82, 2.24) is 5.32 Å². The largest absolute Gasteiger partial charge is 0.506 e. The fourth-order valence-corrected chi connectivity index (χ4v) is 2.03. The number of rotatable bonds is 6. The number of ether oxygens (including phenoxy) is 1. The first-order chi connectivity index (χ1) is 11.5. The highest BCUT2D eigenvalue weighted by Crippen LogP contribution is 2.26. The zero-order valence-electron chi connectivity index (χ0n) is 13.0. The minimum Gasteiger partial charge on any atom is -0.506 e. The number of hydrogen-bond acceptors (Lipinski definition) is 4. The predicted molar refractivity (Wildman–Crippen MR) is 91.3 cm³/mol. The van der Waals surface area contributed by atoms with Gasteiger partial charge in [0.1, 0.15) is 17.5 Å². The number of para-hydroxylation sites is 1. The monoisotopic (exact) mass is 348 g/mol. The number of nitrogens with one attached hydrogen (secondary N) is 2. The Morgan fingerprint density at radius 2 is 1.92 bits per heavy atom. The molecule has 3 N–H and O–H groups in total. The van der Waals surface area contributed by atoms with Gasteiger partial charge in [0.2, 0.25) is 5.91 Å². The van der Waals surface area contributed by atoms with Crippen LogP contribution in [0.15, 0.2) is 48.5 Å². The Bertz CT molecular complexity index is 722. The number of amides is 2. The lowest BCUT2D eigenvalue weighted by molar-refractivity contribution is -0.127. The lowest BCUT2D eigenvalue weighted by Gasteiger charge is -2.15. The molecule has 6 nitrogen and oxygen atoms in total. The minimum absolute atomic E-state index is 0.0749. The molecule has 0 aliphatic heterocycles. The van der Waals surface area contributed by atoms with Crippen LogP contribution in [0.3, 0.4) is 0 Å². The van der Waals surface area contributed by atoms with E-state index in [2.05, 4.69) is 10.6 Å². The van der Waals surface area contributed by atoms with Gasteiger partial charge in [-0.25, -0.2) is 0 Å². The molecule has 0 fully saturated rings. The first kappa shape index (κ1) is 17.6. The highest BCUT2D eigenvalue weighted by Gasteiger charge is 2.16. The molecule has 126 valence electrons. The smallest absolute Gasteiger partial charge is 0.258 e. The molecule has 0 aliphatic carbocycles. The second-order valence-corrected chi connectivity index (χ2v) is 5.45. The van der Waals surface area contributed by atoms with Gasteiger partial charge in [0.05, 0.1) is 5.02 Å². The van der Waals surface area contributed by atoms with Crippen LogP contribution in [-0.2, 0) is 9.59 Å². The van der Waals surface area contributed by atoms with Crippen molar-refractivity contribution in [2.75, 3.05) is 11.9 Å². The summed E-state index contributed by atoms with van der Waals surface area (Å²) in [5.74, 6) is -0.326. The molecule has 0 saturated heterocycles. The number of carbonyl (C=O) groups is 2. The van der Waals surface area contributed by atoms with E-state index in [4.69, 9.17) is 16.3 Å². The van der Waals surface area contributed by atoms with Gasteiger partial charge in [-0.05, 0) is 37.3 Å². The Morgan fingerprint density at radius 1 is 1.21 bits per heavy atom. The molecular formula is C17H17ClN2O4. The number of anilines is 1. The molecule has 2 aromatic rings. The number of halogens is 1. The van der Waals surface area contributed by atoms with Crippen LogP contribution in [0.4, 0.5) is 5.69 Å². The van der Waals surface area contributed by atoms with Gasteiger partial charge in [-0.1, -0.05) is 29.8 Å². The van der Waals surface area contributed by atoms with E-state index in [1.165, 1.54) is 18.2 Å². The molecule has 24 heavy (non-hydrogen) atoms. The third kappa shape index (κ3) is 5.17. The molecule has 0 saturated carbocycles. The van der Waals surface area contributed by atoms with Gasteiger partial charge in [-0.15, -0.1) is 0 Å². The van der Waals surface area contributed by atoms with Gasteiger partial charge in [-0.2, -0.15) is 0 Å². The van der Waals surface area contributed by atoms with Crippen LogP contribution >= 0.6 is 11.6 Å². The van der Waals surface area contributed by atoms with Crippen LogP contribution < -0.4 is 15.4 Å². The number of carbonyl (C=O) groups excluding carboxylic acids is 2. The maximum Gasteiger partial charge on any atom is 0.258 e. The molecule has 2 amide bonds. The number of phenolic OH excluding ortho intramolecular Hbond substituents is 1. The number of phenols is 1. The summed E-state index contributed by atoms with van der Waals surface area (Å²) in [5, 5.41) is 14.6. The van der Waals surface area contributed by atoms with E-state index in [1.54, 1.807) is 31.2 Å². The molecule has 2 rings (SSSR count). The summed E-state index contributed by atoms with van der Waals surface area (Å²) in [5.41, 5.74) is 0.421. The van der Waals surface area contributed by atoms with Crippen LogP contribution in [-0.4, -0.2) is 29.6 Å². The summed E-state index contributed by atoms with van der Waals surface area (Å²) in [7, 11) is 0. The fourth-order valence-electron chi connectivity index (χ4n) is 1.85. The molecular weight excluding hydrogens is 332 g/mol. The molecule has 0 heterocycles. The molecule has 7 heteroatoms. The van der Waals surface area contributed by atoms with Crippen molar-refractivity contribution in [3.63, 3.8) is 0 Å². The molecule has 0 aliphatic rings. The van der Waals surface area contributed by atoms with E-state index in [1.807, 2.05) is 6.07 Å². The van der Waals surface area contributed by atoms with Gasteiger partial charge in [0.15, 0.2) is 6.61 Å². The quantitative estimate of drug-likeness (QED) is 0.700. The lowest BCUT2D eigenvalue weighted by Crippen LogP contribution is -2.43. The Morgan fingerprint density at radius 3 is 2.58 bits per heavy atom. The molecule has 2 aromatic carbocycles. The first-order valence-corrected chi connectivity index (χ1v) is 7.60. The molecule has 1 atom stereocenters. The average Bonchev–Trinajstić information content (AvgIpc) is 2.57. The van der Waals surface area contributed by atoms with Crippen molar-refractivity contribution >= 4 is 29.1 Å². The van der Waals surface area contributed by atoms with Crippen LogP contribution in [0.5, 0.6) is 11.5 Å². The van der Waals surface area contributed by atoms with Gasteiger partial charge in [-0.3, -0.25) is 9.59 Å². The SMILES string of the molecule is CC(NC(=O)COc1ccccc1)C(=O)Nc1ccc(O)c(Cl)c1. The van der Waals surface area contributed by atoms with E-state index in [9.17, 15) is 14.7 Å². The minimum atomic E-state index is -0.760. The maximum atomic E-state index is 12.0. The van der Waals surface area contributed by atoms with Gasteiger partial charge in [0, 0.05) is 5.69 Å². The summed E-state index contributed by atoms with van der Waals surface area (Å²) in [4.78, 5) is 23.9. The standard InChI is InChI=1S/C17H17ClN2O4/c1-11(17(23)20-12-7-8-15(21)14(18)9-12)19-16(22)10-24-13-5-3-2-4-6-13/h2-9,11,21H,10H2,1H3,(H,19,22)(H,20,23).